The zero-order valence-corrected chi connectivity index (χ0v) is 9.74. The molecule has 0 saturated carbocycles. The molecule has 5 heteroatoms. The highest BCUT2D eigenvalue weighted by Gasteiger charge is 2.22. The third-order valence-electron chi connectivity index (χ3n) is 2.97. The van der Waals surface area contributed by atoms with Crippen LogP contribution in [0.3, 0.4) is 0 Å². The smallest absolute Gasteiger partial charge is 0.267 e. The first-order valence-electron chi connectivity index (χ1n) is 5.64. The molecule has 0 unspecified atom stereocenters. The van der Waals surface area contributed by atoms with Gasteiger partial charge < -0.3 is 0 Å². The Bertz CT molecular complexity index is 810. The zero-order chi connectivity index (χ0) is 13.4. The quantitative estimate of drug-likeness (QED) is 0.590. The van der Waals surface area contributed by atoms with E-state index >= 15 is 0 Å². The Kier molecular flexibility index (Phi) is 2.45. The highest BCUT2D eigenvalue weighted by atomic mass is 16.6. The Morgan fingerprint density at radius 2 is 1.74 bits per heavy atom. The number of hydrogen-bond acceptors (Lipinski definition) is 3. The van der Waals surface area contributed by atoms with Crippen molar-refractivity contribution in [2.24, 2.45) is 4.99 Å². The van der Waals surface area contributed by atoms with Crippen molar-refractivity contribution in [3.8, 4) is 0 Å². The number of carbonyl (C=O) groups excluding carboxylic acids is 1. The normalized spacial score (nSPS) is 13.1. The average molecular weight is 252 g/mol. The second kappa shape index (κ2) is 4.13. The molecule has 1 heterocycles. The van der Waals surface area contributed by atoms with Crippen molar-refractivity contribution in [2.45, 2.75) is 0 Å². The SMILES string of the molecule is O=C1N=c2c([N+](=O)[O-])cccc2=C1c1ccccc1. The monoisotopic (exact) mass is 252 g/mol. The summed E-state index contributed by atoms with van der Waals surface area (Å²) in [7, 11) is 0. The minimum atomic E-state index is -0.524. The van der Waals surface area contributed by atoms with Gasteiger partial charge in [0, 0.05) is 11.3 Å². The first-order chi connectivity index (χ1) is 9.18. The molecule has 92 valence electrons. The van der Waals surface area contributed by atoms with Gasteiger partial charge in [-0.1, -0.05) is 42.5 Å². The van der Waals surface area contributed by atoms with E-state index < -0.39 is 10.8 Å². The summed E-state index contributed by atoms with van der Waals surface area (Å²) in [5.41, 5.74) is 0.992. The number of carbonyl (C=O) groups is 1. The lowest BCUT2D eigenvalue weighted by Crippen LogP contribution is -2.26. The fourth-order valence-electron chi connectivity index (χ4n) is 2.15. The number of nitrogens with zero attached hydrogens (tertiary/aromatic N) is 2. The van der Waals surface area contributed by atoms with E-state index in [0.717, 1.165) is 5.56 Å². The highest BCUT2D eigenvalue weighted by Crippen LogP contribution is 2.15. The molecule has 19 heavy (non-hydrogen) atoms. The molecule has 2 aromatic carbocycles. The van der Waals surface area contributed by atoms with Crippen LogP contribution in [0, 0.1) is 10.1 Å². The summed E-state index contributed by atoms with van der Waals surface area (Å²) in [6.45, 7) is 0. The molecule has 3 rings (SSSR count). The molecule has 1 amide bonds. The van der Waals surface area contributed by atoms with Crippen LogP contribution in [0.15, 0.2) is 53.5 Å². The molecule has 0 aromatic heterocycles. The largest absolute Gasteiger partial charge is 0.295 e. The Morgan fingerprint density at radius 1 is 1.00 bits per heavy atom. The molecular weight excluding hydrogens is 244 g/mol. The number of nitro benzene ring substituents is 1. The van der Waals surface area contributed by atoms with Crippen LogP contribution in [0.4, 0.5) is 5.69 Å². The summed E-state index contributed by atoms with van der Waals surface area (Å²) in [5, 5.41) is 11.6. The molecule has 0 N–H and O–H groups in total. The maximum absolute atomic E-state index is 12.0. The molecule has 0 radical (unpaired) electrons. The van der Waals surface area contributed by atoms with Crippen LogP contribution in [0.1, 0.15) is 5.56 Å². The molecular formula is C14H8N2O3. The molecule has 1 aliphatic rings. The summed E-state index contributed by atoms with van der Waals surface area (Å²) in [4.78, 5) is 26.2. The van der Waals surface area contributed by atoms with Crippen LogP contribution in [0.2, 0.25) is 0 Å². The number of benzene rings is 2. The Labute approximate surface area is 107 Å². The minimum absolute atomic E-state index is 0.142. The summed E-state index contributed by atoms with van der Waals surface area (Å²) in [6, 6.07) is 13.6. The van der Waals surface area contributed by atoms with Crippen LogP contribution < -0.4 is 10.6 Å². The Hall–Kier alpha value is -2.82. The second-order valence-corrected chi connectivity index (χ2v) is 4.09. The van der Waals surface area contributed by atoms with Gasteiger partial charge in [-0.2, -0.15) is 0 Å². The van der Waals surface area contributed by atoms with Gasteiger partial charge in [-0.25, -0.2) is 4.99 Å². The van der Waals surface area contributed by atoms with E-state index in [1.54, 1.807) is 24.3 Å². The number of hydrogen-bond donors (Lipinski definition) is 0. The third kappa shape index (κ3) is 1.72. The van der Waals surface area contributed by atoms with E-state index in [9.17, 15) is 14.9 Å². The van der Waals surface area contributed by atoms with Gasteiger partial charge in [0.1, 0.15) is 0 Å². The van der Waals surface area contributed by atoms with Crippen LogP contribution >= 0.6 is 0 Å². The first kappa shape index (κ1) is 11.3. The fraction of sp³-hybridized carbons (Fsp3) is 0. The average Bonchev–Trinajstić information content (AvgIpc) is 2.75. The summed E-state index contributed by atoms with van der Waals surface area (Å²) in [6.07, 6.45) is 0. The van der Waals surface area contributed by atoms with Gasteiger partial charge in [0.05, 0.1) is 10.5 Å². The van der Waals surface area contributed by atoms with E-state index in [1.807, 2.05) is 18.2 Å². The maximum Gasteiger partial charge on any atom is 0.295 e. The second-order valence-electron chi connectivity index (χ2n) is 4.09. The molecule has 0 fully saturated rings. The predicted octanol–water partition coefficient (Wildman–Crippen LogP) is 0.954. The van der Waals surface area contributed by atoms with Crippen molar-refractivity contribution in [3.63, 3.8) is 0 Å². The number of para-hydroxylation sites is 1. The summed E-state index contributed by atoms with van der Waals surface area (Å²) in [5.74, 6) is -0.435. The number of non-ortho nitro benzene ring substituents is 1. The van der Waals surface area contributed by atoms with E-state index in [4.69, 9.17) is 0 Å². The lowest BCUT2D eigenvalue weighted by atomic mass is 10.0. The Morgan fingerprint density at radius 3 is 2.42 bits per heavy atom. The molecule has 0 aliphatic carbocycles. The molecule has 1 aliphatic heterocycles. The highest BCUT2D eigenvalue weighted by molar-refractivity contribution is 6.21. The van der Waals surface area contributed by atoms with Gasteiger partial charge in [-0.3, -0.25) is 14.9 Å². The number of nitro groups is 1. The van der Waals surface area contributed by atoms with Crippen LogP contribution in [0.25, 0.3) is 5.57 Å². The number of amides is 1. The topological polar surface area (TPSA) is 72.6 Å². The van der Waals surface area contributed by atoms with Crippen molar-refractivity contribution >= 4 is 17.2 Å². The van der Waals surface area contributed by atoms with Crippen molar-refractivity contribution in [3.05, 3.63) is 74.8 Å². The van der Waals surface area contributed by atoms with Gasteiger partial charge in [0.25, 0.3) is 11.6 Å². The first-order valence-corrected chi connectivity index (χ1v) is 5.64. The molecule has 0 atom stereocenters. The van der Waals surface area contributed by atoms with E-state index in [-0.39, 0.29) is 11.0 Å². The van der Waals surface area contributed by atoms with Gasteiger partial charge in [0.15, 0.2) is 5.36 Å². The molecule has 0 spiro atoms. The lowest BCUT2D eigenvalue weighted by molar-refractivity contribution is -0.386. The standard InChI is InChI=1S/C14H8N2O3/c17-14-12(9-5-2-1-3-6-9)10-7-4-8-11(16(18)19)13(10)15-14/h1-8H. The lowest BCUT2D eigenvalue weighted by Gasteiger charge is -1.98. The molecule has 2 aromatic rings. The number of rotatable bonds is 2. The Balaban J connectivity index is 2.40. The number of fused-ring (bicyclic) bond motifs is 1. The molecule has 0 saturated heterocycles. The van der Waals surface area contributed by atoms with Crippen molar-refractivity contribution in [2.75, 3.05) is 0 Å². The van der Waals surface area contributed by atoms with Gasteiger partial charge in [-0.15, -0.1) is 0 Å². The van der Waals surface area contributed by atoms with E-state index in [2.05, 4.69) is 4.99 Å². The van der Waals surface area contributed by atoms with Crippen LogP contribution in [0.5, 0.6) is 0 Å². The van der Waals surface area contributed by atoms with Crippen molar-refractivity contribution in [1.29, 1.82) is 0 Å². The van der Waals surface area contributed by atoms with Crippen LogP contribution in [-0.2, 0) is 4.79 Å². The van der Waals surface area contributed by atoms with E-state index in [1.165, 1.54) is 6.07 Å². The van der Waals surface area contributed by atoms with E-state index in [0.29, 0.717) is 10.8 Å². The van der Waals surface area contributed by atoms with Gasteiger partial charge in [-0.05, 0) is 5.56 Å². The van der Waals surface area contributed by atoms with Crippen LogP contribution in [-0.4, -0.2) is 10.8 Å². The van der Waals surface area contributed by atoms with Gasteiger partial charge >= 0.3 is 0 Å². The zero-order valence-electron chi connectivity index (χ0n) is 9.74. The third-order valence-corrected chi connectivity index (χ3v) is 2.97. The summed E-state index contributed by atoms with van der Waals surface area (Å²) < 4.78 is 0. The summed E-state index contributed by atoms with van der Waals surface area (Å²) >= 11 is 0. The van der Waals surface area contributed by atoms with Crippen molar-refractivity contribution in [1.82, 2.24) is 0 Å². The molecule has 5 nitrogen and oxygen atoms in total. The van der Waals surface area contributed by atoms with Gasteiger partial charge in [0.2, 0.25) is 0 Å². The van der Waals surface area contributed by atoms with Crippen molar-refractivity contribution < 1.29 is 9.72 Å². The fourth-order valence-corrected chi connectivity index (χ4v) is 2.15. The maximum atomic E-state index is 12.0. The molecule has 0 bridgehead atoms. The predicted molar refractivity (Wildman–Crippen MR) is 67.8 cm³/mol. The minimum Gasteiger partial charge on any atom is -0.267 e.